The molecule has 4 nitrogen and oxygen atoms in total. The molecule has 0 unspecified atom stereocenters. The van der Waals surface area contributed by atoms with Crippen LogP contribution in [0.3, 0.4) is 0 Å². The van der Waals surface area contributed by atoms with Crippen LogP contribution in [0.1, 0.15) is 37.2 Å². The van der Waals surface area contributed by atoms with E-state index in [2.05, 4.69) is 47.3 Å². The van der Waals surface area contributed by atoms with Crippen LogP contribution in [0.5, 0.6) is 0 Å². The Morgan fingerprint density at radius 2 is 1.92 bits per heavy atom. The van der Waals surface area contributed by atoms with Crippen LogP contribution >= 0.6 is 0 Å². The number of benzene rings is 2. The summed E-state index contributed by atoms with van der Waals surface area (Å²) in [5.74, 6) is 0.868. The highest BCUT2D eigenvalue weighted by Gasteiger charge is 2.32. The molecule has 0 saturated heterocycles. The van der Waals surface area contributed by atoms with Crippen molar-refractivity contribution >= 4 is 34.8 Å². The zero-order valence-electron chi connectivity index (χ0n) is 13.8. The Morgan fingerprint density at radius 3 is 2.71 bits per heavy atom. The Morgan fingerprint density at radius 1 is 1.12 bits per heavy atom. The van der Waals surface area contributed by atoms with Crippen LogP contribution in [0, 0.1) is 0 Å². The first-order valence-electron chi connectivity index (χ1n) is 8.08. The van der Waals surface area contributed by atoms with E-state index in [1.165, 1.54) is 0 Å². The predicted octanol–water partition coefficient (Wildman–Crippen LogP) is 4.35. The number of hydrogen-bond donors (Lipinski definition) is 2. The van der Waals surface area contributed by atoms with Gasteiger partial charge in [-0.3, -0.25) is 4.79 Å². The number of nitrogens with zero attached hydrogens (tertiary/aromatic N) is 1. The fourth-order valence-corrected chi connectivity index (χ4v) is 3.25. The largest absolute Gasteiger partial charge is 0.338 e. The van der Waals surface area contributed by atoms with Gasteiger partial charge in [-0.1, -0.05) is 50.3 Å². The number of fused-ring (bicyclic) bond motifs is 2. The minimum atomic E-state index is -0.170. The highest BCUT2D eigenvalue weighted by atomic mass is 16.1. The topological polar surface area (TPSA) is 57.8 Å². The van der Waals surface area contributed by atoms with Crippen molar-refractivity contribution in [3.8, 4) is 0 Å². The lowest BCUT2D eigenvalue weighted by Crippen LogP contribution is -2.32. The fraction of sp³-hybridized carbons (Fsp3) is 0.200. The maximum atomic E-state index is 11.9. The zero-order valence-corrected chi connectivity index (χ0v) is 13.8. The highest BCUT2D eigenvalue weighted by Crippen LogP contribution is 2.38. The van der Waals surface area contributed by atoms with E-state index in [4.69, 9.17) is 0 Å². The minimum absolute atomic E-state index is 0.0617. The van der Waals surface area contributed by atoms with Crippen molar-refractivity contribution in [1.29, 1.82) is 0 Å². The van der Waals surface area contributed by atoms with Crippen molar-refractivity contribution in [2.75, 3.05) is 5.32 Å². The van der Waals surface area contributed by atoms with Gasteiger partial charge in [0.15, 0.2) is 0 Å². The lowest BCUT2D eigenvalue weighted by molar-refractivity contribution is -0.117. The van der Waals surface area contributed by atoms with Crippen LogP contribution in [0.25, 0.3) is 23.2 Å². The van der Waals surface area contributed by atoms with Crippen LogP contribution in [0.2, 0.25) is 0 Å². The molecular formula is C20H19N3O. The smallest absolute Gasteiger partial charge is 0.225 e. The first-order chi connectivity index (χ1) is 11.5. The van der Waals surface area contributed by atoms with Gasteiger partial charge in [-0.05, 0) is 29.3 Å². The summed E-state index contributed by atoms with van der Waals surface area (Å²) >= 11 is 0. The molecule has 1 aromatic heterocycles. The highest BCUT2D eigenvalue weighted by molar-refractivity contribution is 5.98. The summed E-state index contributed by atoms with van der Waals surface area (Å²) in [6.07, 6.45) is 4.50. The van der Waals surface area contributed by atoms with Gasteiger partial charge in [0.1, 0.15) is 5.82 Å². The number of imidazole rings is 1. The lowest BCUT2D eigenvalue weighted by Gasteiger charge is -2.31. The van der Waals surface area contributed by atoms with E-state index in [0.717, 1.165) is 33.7 Å². The van der Waals surface area contributed by atoms with Crippen molar-refractivity contribution in [3.05, 3.63) is 59.4 Å². The second kappa shape index (κ2) is 5.34. The van der Waals surface area contributed by atoms with Crippen LogP contribution in [0.4, 0.5) is 5.69 Å². The van der Waals surface area contributed by atoms with Crippen molar-refractivity contribution in [2.45, 2.75) is 25.7 Å². The molecule has 1 aliphatic heterocycles. The van der Waals surface area contributed by atoms with Crippen molar-refractivity contribution in [1.82, 2.24) is 9.97 Å². The van der Waals surface area contributed by atoms with E-state index in [1.54, 1.807) is 0 Å². The number of aromatic amines is 1. The first kappa shape index (κ1) is 14.7. The molecule has 4 heteroatoms. The van der Waals surface area contributed by atoms with Gasteiger partial charge in [-0.25, -0.2) is 4.98 Å². The van der Waals surface area contributed by atoms with Crippen LogP contribution in [0.15, 0.2) is 42.5 Å². The molecule has 0 radical (unpaired) electrons. The maximum Gasteiger partial charge on any atom is 0.225 e. The number of aromatic nitrogens is 2. The molecule has 0 fully saturated rings. The second-order valence-corrected chi connectivity index (χ2v) is 6.89. The Bertz CT molecular complexity index is 952. The van der Waals surface area contributed by atoms with Crippen LogP contribution < -0.4 is 5.32 Å². The molecule has 2 heterocycles. The Kier molecular flexibility index (Phi) is 3.27. The molecule has 2 aromatic carbocycles. The molecule has 0 atom stereocenters. The van der Waals surface area contributed by atoms with Crippen LogP contribution in [-0.4, -0.2) is 15.9 Å². The summed E-state index contributed by atoms with van der Waals surface area (Å²) < 4.78 is 0. The molecule has 1 aliphatic rings. The van der Waals surface area contributed by atoms with E-state index in [1.807, 2.05) is 36.4 Å². The number of nitrogens with one attached hydrogen (secondary N) is 2. The maximum absolute atomic E-state index is 11.9. The van der Waals surface area contributed by atoms with E-state index in [0.29, 0.717) is 6.42 Å². The molecule has 24 heavy (non-hydrogen) atoms. The number of rotatable bonds is 2. The summed E-state index contributed by atoms with van der Waals surface area (Å²) in [4.78, 5) is 19.9. The number of carbonyl (C=O) groups is 1. The van der Waals surface area contributed by atoms with Gasteiger partial charge < -0.3 is 10.3 Å². The van der Waals surface area contributed by atoms with E-state index in [9.17, 15) is 4.79 Å². The minimum Gasteiger partial charge on any atom is -0.338 e. The van der Waals surface area contributed by atoms with Gasteiger partial charge in [-0.2, -0.15) is 0 Å². The summed E-state index contributed by atoms with van der Waals surface area (Å²) in [6.45, 7) is 4.20. The Balaban J connectivity index is 1.74. The third-order valence-electron chi connectivity index (χ3n) is 4.48. The second-order valence-electron chi connectivity index (χ2n) is 6.89. The lowest BCUT2D eigenvalue weighted by atomic mass is 9.78. The van der Waals surface area contributed by atoms with Crippen molar-refractivity contribution in [2.24, 2.45) is 0 Å². The predicted molar refractivity (Wildman–Crippen MR) is 97.7 cm³/mol. The molecule has 4 rings (SSSR count). The zero-order chi connectivity index (χ0) is 16.7. The van der Waals surface area contributed by atoms with E-state index >= 15 is 0 Å². The summed E-state index contributed by atoms with van der Waals surface area (Å²) in [5.41, 5.74) is 4.83. The Hall–Kier alpha value is -2.88. The SMILES string of the molecule is CC1(C)CC(=O)Nc2cc3nc(C=Cc4ccccc4)[nH]c3cc21. The van der Waals surface area contributed by atoms with Crippen molar-refractivity contribution < 1.29 is 4.79 Å². The quantitative estimate of drug-likeness (QED) is 0.738. The van der Waals surface area contributed by atoms with Gasteiger partial charge >= 0.3 is 0 Å². The molecule has 0 bridgehead atoms. The average molecular weight is 317 g/mol. The monoisotopic (exact) mass is 317 g/mol. The van der Waals surface area contributed by atoms with E-state index in [-0.39, 0.29) is 11.3 Å². The summed E-state index contributed by atoms with van der Waals surface area (Å²) in [6, 6.07) is 14.2. The molecule has 0 aliphatic carbocycles. The fourth-order valence-electron chi connectivity index (χ4n) is 3.25. The number of hydrogen-bond acceptors (Lipinski definition) is 2. The van der Waals surface area contributed by atoms with Crippen LogP contribution in [-0.2, 0) is 10.2 Å². The van der Waals surface area contributed by atoms with Crippen molar-refractivity contribution in [3.63, 3.8) is 0 Å². The summed E-state index contributed by atoms with van der Waals surface area (Å²) in [5, 5.41) is 2.96. The number of carbonyl (C=O) groups excluding carboxylic acids is 1. The molecule has 0 spiro atoms. The molecule has 2 N–H and O–H groups in total. The Labute approximate surface area is 140 Å². The summed E-state index contributed by atoms with van der Waals surface area (Å²) in [7, 11) is 0. The third-order valence-corrected chi connectivity index (χ3v) is 4.48. The van der Waals surface area contributed by atoms with Gasteiger partial charge in [0.2, 0.25) is 5.91 Å². The molecule has 1 amide bonds. The standard InChI is InChI=1S/C20H19N3O/c1-20(2)12-19(24)23-15-11-17-16(10-14(15)20)21-18(22-17)9-8-13-6-4-3-5-7-13/h3-11H,12H2,1-2H3,(H,21,22)(H,23,24). The number of anilines is 1. The van der Waals surface area contributed by atoms with Gasteiger partial charge in [-0.15, -0.1) is 0 Å². The third kappa shape index (κ3) is 2.60. The first-order valence-corrected chi connectivity index (χ1v) is 8.08. The van der Waals surface area contributed by atoms with Gasteiger partial charge in [0, 0.05) is 17.5 Å². The molecule has 0 saturated carbocycles. The number of amides is 1. The average Bonchev–Trinajstić information content (AvgIpc) is 2.93. The molecule has 3 aromatic rings. The molecule has 120 valence electrons. The normalized spacial score (nSPS) is 16.3. The molecular weight excluding hydrogens is 298 g/mol. The van der Waals surface area contributed by atoms with E-state index < -0.39 is 0 Å². The van der Waals surface area contributed by atoms with Gasteiger partial charge in [0.05, 0.1) is 11.0 Å². The number of H-pyrrole nitrogens is 1. The van der Waals surface area contributed by atoms with Gasteiger partial charge in [0.25, 0.3) is 0 Å².